The summed E-state index contributed by atoms with van der Waals surface area (Å²) in [7, 11) is 5.17. The number of nitrogens with zero attached hydrogens (tertiary/aromatic N) is 4. The first kappa shape index (κ1) is 25.2. The minimum Gasteiger partial charge on any atom is -0.406 e. The second-order valence-corrected chi connectivity index (χ2v) is 8.99. The first-order valence-corrected chi connectivity index (χ1v) is 11.4. The van der Waals surface area contributed by atoms with E-state index in [1.54, 1.807) is 43.9 Å². The van der Waals surface area contributed by atoms with Gasteiger partial charge < -0.3 is 19.9 Å². The fourth-order valence-corrected chi connectivity index (χ4v) is 4.29. The molecule has 2 aromatic carbocycles. The van der Waals surface area contributed by atoms with E-state index in [1.807, 2.05) is 0 Å². The van der Waals surface area contributed by atoms with Crippen LogP contribution in [0.25, 0.3) is 21.3 Å². The standard InChI is InChI=1S/C22H22F3N7O3S/c1-31(2)30-18(33)8-9-26-19(34)12-4-7-16-15(10-12)27-20(32(16)3)29-21-28-14-6-5-13(11-17(14)36-21)35-22(23,24)25/h4-7,10-11H,8-9H2,1-3H3,(H,26,34)(H,30,33)(H,27,28,29). The molecule has 0 aliphatic heterocycles. The van der Waals surface area contributed by atoms with Crippen LogP contribution < -0.4 is 20.8 Å². The molecule has 3 N–H and O–H groups in total. The van der Waals surface area contributed by atoms with E-state index in [2.05, 4.69) is 30.8 Å². The van der Waals surface area contributed by atoms with Crippen molar-refractivity contribution in [1.29, 1.82) is 0 Å². The van der Waals surface area contributed by atoms with Crippen molar-refractivity contribution < 1.29 is 27.5 Å². The Kier molecular flexibility index (Phi) is 6.99. The van der Waals surface area contributed by atoms with Gasteiger partial charge in [-0.25, -0.2) is 15.0 Å². The molecule has 2 aromatic heterocycles. The highest BCUT2D eigenvalue weighted by atomic mass is 32.1. The number of ether oxygens (including phenoxy) is 1. The van der Waals surface area contributed by atoms with Gasteiger partial charge in [-0.1, -0.05) is 11.3 Å². The minimum absolute atomic E-state index is 0.135. The zero-order valence-corrected chi connectivity index (χ0v) is 20.3. The van der Waals surface area contributed by atoms with E-state index in [-0.39, 0.29) is 30.5 Å². The lowest BCUT2D eigenvalue weighted by molar-refractivity contribution is -0.274. The Balaban J connectivity index is 1.47. The lowest BCUT2D eigenvalue weighted by Crippen LogP contribution is -2.38. The molecule has 0 atom stereocenters. The molecule has 4 rings (SSSR count). The molecule has 0 bridgehead atoms. The number of hydrogen-bond donors (Lipinski definition) is 3. The molecule has 0 saturated heterocycles. The molecule has 0 aliphatic carbocycles. The van der Waals surface area contributed by atoms with E-state index in [9.17, 15) is 22.8 Å². The van der Waals surface area contributed by atoms with Crippen molar-refractivity contribution in [2.24, 2.45) is 7.05 Å². The van der Waals surface area contributed by atoms with Crippen molar-refractivity contribution in [3.8, 4) is 5.75 Å². The number of thiazole rings is 1. The third-order valence-electron chi connectivity index (χ3n) is 4.94. The maximum atomic E-state index is 12.5. The first-order chi connectivity index (χ1) is 17.0. The van der Waals surface area contributed by atoms with Gasteiger partial charge in [0.15, 0.2) is 5.13 Å². The van der Waals surface area contributed by atoms with Gasteiger partial charge in [0, 0.05) is 45.7 Å². The molecule has 2 heterocycles. The smallest absolute Gasteiger partial charge is 0.406 e. The van der Waals surface area contributed by atoms with Gasteiger partial charge in [-0.2, -0.15) is 0 Å². The van der Waals surface area contributed by atoms with E-state index in [0.29, 0.717) is 32.4 Å². The molecule has 10 nitrogen and oxygen atoms in total. The maximum absolute atomic E-state index is 12.5. The van der Waals surface area contributed by atoms with Crippen LogP contribution in [0.15, 0.2) is 36.4 Å². The molecule has 0 unspecified atom stereocenters. The lowest BCUT2D eigenvalue weighted by Gasteiger charge is -2.11. The van der Waals surface area contributed by atoms with Crippen LogP contribution in [0.1, 0.15) is 16.8 Å². The molecule has 14 heteroatoms. The Labute approximate surface area is 207 Å². The normalized spacial score (nSPS) is 11.8. The van der Waals surface area contributed by atoms with Crippen LogP contribution >= 0.6 is 11.3 Å². The second kappa shape index (κ2) is 9.99. The topological polar surface area (TPSA) is 113 Å². The molecule has 0 radical (unpaired) electrons. The van der Waals surface area contributed by atoms with Crippen molar-refractivity contribution in [2.75, 3.05) is 26.0 Å². The summed E-state index contributed by atoms with van der Waals surface area (Å²) >= 11 is 1.15. The number of benzene rings is 2. The number of hydrazine groups is 1. The summed E-state index contributed by atoms with van der Waals surface area (Å²) in [5.41, 5.74) is 4.80. The number of amides is 2. The van der Waals surface area contributed by atoms with Crippen molar-refractivity contribution in [2.45, 2.75) is 12.8 Å². The van der Waals surface area contributed by atoms with Gasteiger partial charge in [-0.15, -0.1) is 13.2 Å². The van der Waals surface area contributed by atoms with E-state index < -0.39 is 6.36 Å². The molecule has 36 heavy (non-hydrogen) atoms. The largest absolute Gasteiger partial charge is 0.573 e. The van der Waals surface area contributed by atoms with E-state index >= 15 is 0 Å². The molecule has 0 saturated carbocycles. The fourth-order valence-electron chi connectivity index (χ4n) is 3.40. The van der Waals surface area contributed by atoms with Gasteiger partial charge in [0.25, 0.3) is 5.91 Å². The second-order valence-electron chi connectivity index (χ2n) is 7.95. The number of carbonyl (C=O) groups is 2. The molecule has 0 spiro atoms. The number of anilines is 2. The lowest BCUT2D eigenvalue weighted by atomic mass is 10.2. The van der Waals surface area contributed by atoms with Gasteiger partial charge >= 0.3 is 6.36 Å². The Morgan fingerprint density at radius 1 is 1.11 bits per heavy atom. The highest BCUT2D eigenvalue weighted by Gasteiger charge is 2.31. The molecular formula is C22H22F3N7O3S. The summed E-state index contributed by atoms with van der Waals surface area (Å²) in [5.74, 6) is -0.432. The predicted molar refractivity (Wildman–Crippen MR) is 129 cm³/mol. The van der Waals surface area contributed by atoms with Gasteiger partial charge in [-0.05, 0) is 30.3 Å². The zero-order valence-electron chi connectivity index (χ0n) is 19.4. The number of imidazole rings is 1. The number of carbonyl (C=O) groups excluding carboxylic acids is 2. The number of rotatable bonds is 8. The molecule has 4 aromatic rings. The van der Waals surface area contributed by atoms with E-state index in [0.717, 1.165) is 16.9 Å². The van der Waals surface area contributed by atoms with Gasteiger partial charge in [0.2, 0.25) is 11.9 Å². The molecular weight excluding hydrogens is 499 g/mol. The maximum Gasteiger partial charge on any atom is 0.573 e. The quantitative estimate of drug-likeness (QED) is 0.304. The highest BCUT2D eigenvalue weighted by Crippen LogP contribution is 2.33. The summed E-state index contributed by atoms with van der Waals surface area (Å²) in [6.45, 7) is 0.179. The SMILES string of the molecule is CN(C)NC(=O)CCNC(=O)c1ccc2c(c1)nc(Nc1nc3ccc(OC(F)(F)F)cc3s1)n2C. The molecule has 190 valence electrons. The average molecular weight is 522 g/mol. The number of alkyl halides is 3. The van der Waals surface area contributed by atoms with Crippen LogP contribution in [0.3, 0.4) is 0 Å². The van der Waals surface area contributed by atoms with Gasteiger partial charge in [0.05, 0.1) is 21.3 Å². The fraction of sp³-hybridized carbons (Fsp3) is 0.273. The van der Waals surface area contributed by atoms with Crippen LogP contribution in [0.4, 0.5) is 24.3 Å². The van der Waals surface area contributed by atoms with Crippen molar-refractivity contribution in [1.82, 2.24) is 30.3 Å². The van der Waals surface area contributed by atoms with E-state index in [4.69, 9.17) is 0 Å². The Hall–Kier alpha value is -3.91. The third-order valence-corrected chi connectivity index (χ3v) is 5.87. The highest BCUT2D eigenvalue weighted by molar-refractivity contribution is 7.22. The van der Waals surface area contributed by atoms with Crippen LogP contribution in [-0.4, -0.2) is 58.4 Å². The van der Waals surface area contributed by atoms with Crippen molar-refractivity contribution >= 4 is 55.5 Å². The van der Waals surface area contributed by atoms with Crippen LogP contribution in [-0.2, 0) is 11.8 Å². The summed E-state index contributed by atoms with van der Waals surface area (Å²) < 4.78 is 43.7. The number of hydrogen-bond acceptors (Lipinski definition) is 8. The zero-order chi connectivity index (χ0) is 26.0. The third kappa shape index (κ3) is 6.01. The Morgan fingerprint density at radius 2 is 1.89 bits per heavy atom. The van der Waals surface area contributed by atoms with Crippen molar-refractivity contribution in [3.63, 3.8) is 0 Å². The van der Waals surface area contributed by atoms with E-state index in [1.165, 1.54) is 23.2 Å². The number of halogens is 3. The monoisotopic (exact) mass is 521 g/mol. The van der Waals surface area contributed by atoms with Gasteiger partial charge in [-0.3, -0.25) is 15.0 Å². The number of aromatic nitrogens is 3. The van der Waals surface area contributed by atoms with Crippen LogP contribution in [0.2, 0.25) is 0 Å². The minimum atomic E-state index is -4.77. The summed E-state index contributed by atoms with van der Waals surface area (Å²) in [5, 5.41) is 7.74. The summed E-state index contributed by atoms with van der Waals surface area (Å²) in [6.07, 6.45) is -4.64. The number of fused-ring (bicyclic) bond motifs is 2. The summed E-state index contributed by atoms with van der Waals surface area (Å²) in [4.78, 5) is 33.1. The predicted octanol–water partition coefficient (Wildman–Crippen LogP) is 3.54. The van der Waals surface area contributed by atoms with Crippen LogP contribution in [0.5, 0.6) is 5.75 Å². The van der Waals surface area contributed by atoms with Crippen LogP contribution in [0, 0.1) is 0 Å². The first-order valence-electron chi connectivity index (χ1n) is 10.6. The number of aryl methyl sites for hydroxylation is 1. The summed E-state index contributed by atoms with van der Waals surface area (Å²) in [6, 6.07) is 8.96. The average Bonchev–Trinajstić information content (AvgIpc) is 3.31. The van der Waals surface area contributed by atoms with Crippen molar-refractivity contribution in [3.05, 3.63) is 42.0 Å². The molecule has 2 amide bonds. The number of nitrogens with one attached hydrogen (secondary N) is 3. The van der Waals surface area contributed by atoms with Gasteiger partial charge in [0.1, 0.15) is 5.75 Å². The Bertz CT molecular complexity index is 1430. The molecule has 0 fully saturated rings. The Morgan fingerprint density at radius 3 is 2.61 bits per heavy atom. The molecule has 0 aliphatic rings.